The van der Waals surface area contributed by atoms with Crippen LogP contribution < -0.4 is 9.64 Å². The summed E-state index contributed by atoms with van der Waals surface area (Å²) in [6.07, 6.45) is -4.75. The fraction of sp³-hybridized carbons (Fsp3) is 0.409. The molecule has 2 heterocycles. The van der Waals surface area contributed by atoms with E-state index in [1.54, 1.807) is 11.0 Å². The molecule has 0 aromatic heterocycles. The first kappa shape index (κ1) is 21.4. The van der Waals surface area contributed by atoms with Crippen molar-refractivity contribution in [1.82, 2.24) is 9.80 Å². The second-order valence-electron chi connectivity index (χ2n) is 7.92. The molecule has 0 atom stereocenters. The first-order valence-electron chi connectivity index (χ1n) is 10.0. The standard InChI is InChI=1S/C22H23F4N3O2/c1-27-6-8-28(9-7-27)18-10-16(12-23)20-17(11-18)14-29(21(20)30)13-15-2-4-19(5-3-15)31-22(24,25)26/h2-5,10-11H,6-9,12-14H2,1H3. The lowest BCUT2D eigenvalue weighted by molar-refractivity contribution is -0.274. The molecule has 166 valence electrons. The highest BCUT2D eigenvalue weighted by Crippen LogP contribution is 2.33. The Labute approximate surface area is 177 Å². The number of alkyl halides is 4. The fourth-order valence-corrected chi connectivity index (χ4v) is 4.08. The summed E-state index contributed by atoms with van der Waals surface area (Å²) < 4.78 is 54.6. The Morgan fingerprint density at radius 3 is 2.32 bits per heavy atom. The number of carbonyl (C=O) groups excluding carboxylic acids is 1. The summed E-state index contributed by atoms with van der Waals surface area (Å²) in [5.41, 5.74) is 3.15. The molecule has 2 aromatic rings. The van der Waals surface area contributed by atoms with Gasteiger partial charge in [-0.15, -0.1) is 13.2 Å². The van der Waals surface area contributed by atoms with Crippen LogP contribution in [0.1, 0.15) is 27.0 Å². The third-order valence-electron chi connectivity index (χ3n) is 5.69. The quantitative estimate of drug-likeness (QED) is 0.664. The lowest BCUT2D eigenvalue weighted by Gasteiger charge is -2.34. The lowest BCUT2D eigenvalue weighted by Crippen LogP contribution is -2.44. The first-order chi connectivity index (χ1) is 14.7. The second kappa shape index (κ2) is 8.37. The van der Waals surface area contributed by atoms with E-state index in [1.165, 1.54) is 24.3 Å². The van der Waals surface area contributed by atoms with Gasteiger partial charge in [0.25, 0.3) is 5.91 Å². The Kier molecular flexibility index (Phi) is 5.79. The van der Waals surface area contributed by atoms with Gasteiger partial charge in [-0.2, -0.15) is 0 Å². The maximum Gasteiger partial charge on any atom is 0.573 e. The average molecular weight is 437 g/mol. The molecule has 5 nitrogen and oxygen atoms in total. The van der Waals surface area contributed by atoms with Gasteiger partial charge in [-0.25, -0.2) is 4.39 Å². The molecule has 2 aliphatic heterocycles. The average Bonchev–Trinajstić information content (AvgIpc) is 3.03. The zero-order valence-corrected chi connectivity index (χ0v) is 17.1. The number of hydrogen-bond donors (Lipinski definition) is 0. The molecule has 0 saturated carbocycles. The highest BCUT2D eigenvalue weighted by molar-refractivity contribution is 6.00. The molecule has 2 aliphatic rings. The van der Waals surface area contributed by atoms with E-state index in [0.717, 1.165) is 37.4 Å². The second-order valence-corrected chi connectivity index (χ2v) is 7.92. The number of ether oxygens (including phenoxy) is 1. The smallest absolute Gasteiger partial charge is 0.406 e. The van der Waals surface area contributed by atoms with Crippen LogP contribution >= 0.6 is 0 Å². The maximum atomic E-state index is 13.8. The van der Waals surface area contributed by atoms with Gasteiger partial charge in [-0.1, -0.05) is 12.1 Å². The number of benzene rings is 2. The number of likely N-dealkylation sites (N-methyl/N-ethyl adjacent to an activating group) is 1. The Balaban J connectivity index is 1.50. The number of fused-ring (bicyclic) bond motifs is 1. The van der Waals surface area contributed by atoms with Crippen LogP contribution in [-0.4, -0.2) is 55.3 Å². The van der Waals surface area contributed by atoms with E-state index in [-0.39, 0.29) is 18.2 Å². The van der Waals surface area contributed by atoms with Gasteiger partial charge in [0, 0.05) is 45.0 Å². The van der Waals surface area contributed by atoms with Crippen molar-refractivity contribution < 1.29 is 27.1 Å². The Morgan fingerprint density at radius 2 is 1.71 bits per heavy atom. The summed E-state index contributed by atoms with van der Waals surface area (Å²) in [4.78, 5) is 18.9. The van der Waals surface area contributed by atoms with E-state index < -0.39 is 13.0 Å². The van der Waals surface area contributed by atoms with Gasteiger partial charge < -0.3 is 19.4 Å². The molecule has 2 aromatic carbocycles. The van der Waals surface area contributed by atoms with Crippen LogP contribution in [0.5, 0.6) is 5.75 Å². The van der Waals surface area contributed by atoms with Crippen molar-refractivity contribution in [2.75, 3.05) is 38.1 Å². The van der Waals surface area contributed by atoms with Crippen LogP contribution in [0.4, 0.5) is 23.2 Å². The van der Waals surface area contributed by atoms with E-state index in [4.69, 9.17) is 0 Å². The molecule has 0 N–H and O–H groups in total. The summed E-state index contributed by atoms with van der Waals surface area (Å²) in [5, 5.41) is 0. The van der Waals surface area contributed by atoms with Crippen LogP contribution in [0.2, 0.25) is 0 Å². The van der Waals surface area contributed by atoms with Crippen LogP contribution in [0.15, 0.2) is 36.4 Å². The van der Waals surface area contributed by atoms with Gasteiger partial charge in [-0.3, -0.25) is 4.79 Å². The highest BCUT2D eigenvalue weighted by atomic mass is 19.4. The minimum Gasteiger partial charge on any atom is -0.406 e. The Morgan fingerprint density at radius 1 is 1.03 bits per heavy atom. The first-order valence-corrected chi connectivity index (χ1v) is 10.0. The van der Waals surface area contributed by atoms with Gasteiger partial charge in [0.05, 0.1) is 5.56 Å². The Bertz CT molecular complexity index is 954. The number of nitrogens with zero attached hydrogens (tertiary/aromatic N) is 3. The predicted octanol–water partition coefficient (Wildman–Crippen LogP) is 3.96. The lowest BCUT2D eigenvalue weighted by atomic mass is 10.0. The molecule has 0 aliphatic carbocycles. The zero-order valence-electron chi connectivity index (χ0n) is 17.1. The molecule has 1 fully saturated rings. The largest absolute Gasteiger partial charge is 0.573 e. The molecule has 9 heteroatoms. The van der Waals surface area contributed by atoms with Gasteiger partial charge >= 0.3 is 6.36 Å². The monoisotopic (exact) mass is 437 g/mol. The molecule has 1 amide bonds. The summed E-state index contributed by atoms with van der Waals surface area (Å²) in [6, 6.07) is 9.13. The summed E-state index contributed by atoms with van der Waals surface area (Å²) in [7, 11) is 2.06. The number of rotatable bonds is 5. The SMILES string of the molecule is CN1CCN(c2cc(CF)c3c(c2)CN(Cc2ccc(OC(F)(F)F)cc2)C3=O)CC1. The summed E-state index contributed by atoms with van der Waals surface area (Å²) in [5.74, 6) is -0.577. The number of hydrogen-bond acceptors (Lipinski definition) is 4. The molecule has 31 heavy (non-hydrogen) atoms. The Hall–Kier alpha value is -2.81. The summed E-state index contributed by atoms with van der Waals surface area (Å²) in [6.45, 7) is 3.34. The predicted molar refractivity (Wildman–Crippen MR) is 108 cm³/mol. The molecule has 0 radical (unpaired) electrons. The fourth-order valence-electron chi connectivity index (χ4n) is 4.08. The molecular formula is C22H23F4N3O2. The van der Waals surface area contributed by atoms with Crippen molar-refractivity contribution in [1.29, 1.82) is 0 Å². The molecule has 1 saturated heterocycles. The number of carbonyl (C=O) groups is 1. The van der Waals surface area contributed by atoms with Crippen molar-refractivity contribution in [2.45, 2.75) is 26.1 Å². The molecule has 0 bridgehead atoms. The molecule has 0 spiro atoms. The van der Waals surface area contributed by atoms with Gasteiger partial charge in [0.15, 0.2) is 0 Å². The van der Waals surface area contributed by atoms with Crippen molar-refractivity contribution in [3.63, 3.8) is 0 Å². The van der Waals surface area contributed by atoms with Crippen LogP contribution in [0, 0.1) is 0 Å². The van der Waals surface area contributed by atoms with E-state index in [9.17, 15) is 22.4 Å². The van der Waals surface area contributed by atoms with Gasteiger partial charge in [0.1, 0.15) is 12.4 Å². The molecular weight excluding hydrogens is 414 g/mol. The van der Waals surface area contributed by atoms with Crippen LogP contribution in [-0.2, 0) is 19.8 Å². The molecule has 4 rings (SSSR count). The van der Waals surface area contributed by atoms with Crippen LogP contribution in [0.25, 0.3) is 0 Å². The van der Waals surface area contributed by atoms with Crippen molar-refractivity contribution in [3.05, 3.63) is 58.7 Å². The minimum absolute atomic E-state index is 0.218. The number of amides is 1. The zero-order chi connectivity index (χ0) is 22.2. The van der Waals surface area contributed by atoms with Crippen LogP contribution in [0.3, 0.4) is 0 Å². The summed E-state index contributed by atoms with van der Waals surface area (Å²) >= 11 is 0. The van der Waals surface area contributed by atoms with E-state index in [1.807, 2.05) is 6.07 Å². The number of anilines is 1. The van der Waals surface area contributed by atoms with Crippen molar-refractivity contribution >= 4 is 11.6 Å². The topological polar surface area (TPSA) is 36.0 Å². The highest BCUT2D eigenvalue weighted by Gasteiger charge is 2.32. The van der Waals surface area contributed by atoms with Crippen molar-refractivity contribution in [3.8, 4) is 5.75 Å². The minimum atomic E-state index is -4.75. The number of piperazine rings is 1. The number of halogens is 4. The third kappa shape index (κ3) is 4.76. The van der Waals surface area contributed by atoms with E-state index in [0.29, 0.717) is 23.2 Å². The van der Waals surface area contributed by atoms with Gasteiger partial charge in [0.2, 0.25) is 0 Å². The van der Waals surface area contributed by atoms with E-state index >= 15 is 0 Å². The van der Waals surface area contributed by atoms with E-state index in [2.05, 4.69) is 21.6 Å². The molecule has 0 unspecified atom stereocenters. The normalized spacial score (nSPS) is 17.3. The van der Waals surface area contributed by atoms with Crippen molar-refractivity contribution in [2.24, 2.45) is 0 Å². The maximum absolute atomic E-state index is 13.8. The van der Waals surface area contributed by atoms with Gasteiger partial charge in [-0.05, 0) is 48.0 Å². The third-order valence-corrected chi connectivity index (χ3v) is 5.69.